The van der Waals surface area contributed by atoms with Crippen LogP contribution in [0.25, 0.3) is 0 Å². The Morgan fingerprint density at radius 2 is 1.94 bits per heavy atom. The van der Waals surface area contributed by atoms with Crippen molar-refractivity contribution in [1.29, 1.82) is 0 Å². The zero-order valence-corrected chi connectivity index (χ0v) is 11.2. The van der Waals surface area contributed by atoms with Crippen LogP contribution in [0.3, 0.4) is 0 Å². The van der Waals surface area contributed by atoms with Gasteiger partial charge in [-0.25, -0.2) is 10.8 Å². The van der Waals surface area contributed by atoms with Crippen molar-refractivity contribution in [3.63, 3.8) is 0 Å². The maximum Gasteiger partial charge on any atom is 0.161 e. The Bertz CT molecular complexity index is 398. The molecule has 0 spiro atoms. The van der Waals surface area contributed by atoms with E-state index in [0.717, 1.165) is 0 Å². The molecule has 5 nitrogen and oxygen atoms in total. The predicted molar refractivity (Wildman–Crippen MR) is 71.5 cm³/mol. The molecular formula is C10H16Cl2N4O. The van der Waals surface area contributed by atoms with E-state index in [2.05, 4.69) is 15.7 Å². The third-order valence-electron chi connectivity index (χ3n) is 2.26. The highest BCUT2D eigenvalue weighted by atomic mass is 35.5. The summed E-state index contributed by atoms with van der Waals surface area (Å²) in [5.41, 5.74) is 2.06. The van der Waals surface area contributed by atoms with E-state index in [0.29, 0.717) is 28.1 Å². The van der Waals surface area contributed by atoms with Gasteiger partial charge in [0.2, 0.25) is 0 Å². The van der Waals surface area contributed by atoms with Gasteiger partial charge in [-0.15, -0.1) is 0 Å². The Hall–Kier alpha value is -0.750. The summed E-state index contributed by atoms with van der Waals surface area (Å²) >= 11 is 11.9. The third-order valence-corrected chi connectivity index (χ3v) is 2.84. The number of hydrogen-bond donors (Lipinski definition) is 4. The average molecular weight is 279 g/mol. The van der Waals surface area contributed by atoms with Gasteiger partial charge in [-0.3, -0.25) is 0 Å². The number of aliphatic hydroxyl groups excluding tert-OH is 1. The Labute approximate surface area is 110 Å². The molecule has 1 aromatic rings. The van der Waals surface area contributed by atoms with Crippen LogP contribution in [0.5, 0.6) is 0 Å². The first kappa shape index (κ1) is 14.3. The van der Waals surface area contributed by atoms with Gasteiger partial charge in [-0.2, -0.15) is 0 Å². The number of nitrogens with one attached hydrogen (secondary N) is 2. The van der Waals surface area contributed by atoms with Gasteiger partial charge in [0.15, 0.2) is 5.82 Å². The van der Waals surface area contributed by atoms with E-state index in [-0.39, 0.29) is 12.1 Å². The molecule has 1 rings (SSSR count). The number of hydrogen-bond acceptors (Lipinski definition) is 5. The summed E-state index contributed by atoms with van der Waals surface area (Å²) in [6.45, 7) is 3.95. The minimum absolute atomic E-state index is 0.0766. The van der Waals surface area contributed by atoms with E-state index in [1.165, 1.54) is 0 Å². The zero-order valence-electron chi connectivity index (χ0n) is 9.72. The van der Waals surface area contributed by atoms with Gasteiger partial charge in [0.1, 0.15) is 5.82 Å². The molecule has 5 N–H and O–H groups in total. The molecule has 96 valence electrons. The molecule has 0 fully saturated rings. The van der Waals surface area contributed by atoms with Gasteiger partial charge in [-0.1, -0.05) is 23.2 Å². The molecule has 0 bridgehead atoms. The van der Waals surface area contributed by atoms with Crippen molar-refractivity contribution in [2.24, 2.45) is 5.84 Å². The van der Waals surface area contributed by atoms with Crippen molar-refractivity contribution in [2.45, 2.75) is 25.8 Å². The molecule has 0 aromatic carbocycles. The second kappa shape index (κ2) is 5.73. The molecule has 17 heavy (non-hydrogen) atoms. The number of anilines is 2. The molecule has 0 saturated heterocycles. The Balaban J connectivity index is 2.98. The predicted octanol–water partition coefficient (Wildman–Crippen LogP) is 2.25. The number of nitrogens with two attached hydrogens (primary N) is 1. The Morgan fingerprint density at radius 1 is 1.35 bits per heavy atom. The van der Waals surface area contributed by atoms with Gasteiger partial charge in [0, 0.05) is 12.1 Å². The van der Waals surface area contributed by atoms with Gasteiger partial charge >= 0.3 is 0 Å². The number of pyridine rings is 1. The molecule has 0 aliphatic heterocycles. The van der Waals surface area contributed by atoms with Gasteiger partial charge in [0.25, 0.3) is 0 Å². The lowest BCUT2D eigenvalue weighted by molar-refractivity contribution is 0.260. The van der Waals surface area contributed by atoms with Crippen molar-refractivity contribution in [3.05, 3.63) is 16.1 Å². The normalized spacial score (nSPS) is 11.4. The van der Waals surface area contributed by atoms with Crippen molar-refractivity contribution >= 4 is 34.8 Å². The molecule has 0 amide bonds. The smallest absolute Gasteiger partial charge is 0.161 e. The SMILES string of the molecule is CC(C)(CCO)Nc1nc(NN)c(Cl)cc1Cl. The lowest BCUT2D eigenvalue weighted by Gasteiger charge is -2.26. The number of aromatic nitrogens is 1. The number of hydrazine groups is 1. The summed E-state index contributed by atoms with van der Waals surface area (Å²) in [5.74, 6) is 6.10. The van der Waals surface area contributed by atoms with Crippen molar-refractivity contribution in [3.8, 4) is 0 Å². The number of aliphatic hydroxyl groups is 1. The van der Waals surface area contributed by atoms with Gasteiger partial charge in [-0.05, 0) is 26.3 Å². The molecule has 1 heterocycles. The molecule has 1 aromatic heterocycles. The minimum Gasteiger partial charge on any atom is -0.396 e. The molecule has 0 aliphatic rings. The lowest BCUT2D eigenvalue weighted by Crippen LogP contribution is -2.32. The highest BCUT2D eigenvalue weighted by Gasteiger charge is 2.19. The summed E-state index contributed by atoms with van der Waals surface area (Å²) in [6.07, 6.45) is 0.568. The maximum absolute atomic E-state index is 8.95. The van der Waals surface area contributed by atoms with E-state index < -0.39 is 0 Å². The molecule has 0 unspecified atom stereocenters. The van der Waals surface area contributed by atoms with Crippen LogP contribution < -0.4 is 16.6 Å². The maximum atomic E-state index is 8.95. The van der Waals surface area contributed by atoms with Crippen LogP contribution in [0.2, 0.25) is 10.0 Å². The highest BCUT2D eigenvalue weighted by Crippen LogP contribution is 2.30. The first-order valence-corrected chi connectivity index (χ1v) is 5.87. The second-order valence-corrected chi connectivity index (χ2v) is 5.09. The standard InChI is InChI=1S/C10H16Cl2N4O/c1-10(2,3-4-17)15-8-6(11)5-7(12)9(14-8)16-13/h5,17H,3-4,13H2,1-2H3,(H2,14,15,16). The van der Waals surface area contributed by atoms with Crippen molar-refractivity contribution < 1.29 is 5.11 Å². The molecule has 0 atom stereocenters. The van der Waals surface area contributed by atoms with E-state index in [9.17, 15) is 0 Å². The van der Waals surface area contributed by atoms with Crippen LogP contribution in [0, 0.1) is 0 Å². The molecule has 7 heteroatoms. The summed E-state index contributed by atoms with van der Waals surface area (Å²) in [7, 11) is 0. The highest BCUT2D eigenvalue weighted by molar-refractivity contribution is 6.37. The third kappa shape index (κ3) is 3.89. The zero-order chi connectivity index (χ0) is 13.1. The summed E-state index contributed by atoms with van der Waals surface area (Å²) in [6, 6.07) is 1.56. The average Bonchev–Trinajstić information content (AvgIpc) is 2.21. The quantitative estimate of drug-likeness (QED) is 0.491. The van der Waals surface area contributed by atoms with Crippen molar-refractivity contribution in [2.75, 3.05) is 17.3 Å². The fourth-order valence-electron chi connectivity index (χ4n) is 1.32. The summed E-state index contributed by atoms with van der Waals surface area (Å²) in [5, 5.41) is 12.8. The van der Waals surface area contributed by atoms with E-state index in [1.54, 1.807) is 6.07 Å². The van der Waals surface area contributed by atoms with Crippen LogP contribution in [-0.4, -0.2) is 22.2 Å². The largest absolute Gasteiger partial charge is 0.396 e. The number of halogens is 2. The Kier molecular flexibility index (Phi) is 4.82. The van der Waals surface area contributed by atoms with Gasteiger partial charge < -0.3 is 15.8 Å². The van der Waals surface area contributed by atoms with E-state index in [1.807, 2.05) is 13.8 Å². The minimum atomic E-state index is -0.328. The van der Waals surface area contributed by atoms with Crippen LogP contribution in [-0.2, 0) is 0 Å². The lowest BCUT2D eigenvalue weighted by atomic mass is 10.0. The van der Waals surface area contributed by atoms with E-state index >= 15 is 0 Å². The van der Waals surface area contributed by atoms with Gasteiger partial charge in [0.05, 0.1) is 10.0 Å². The van der Waals surface area contributed by atoms with Crippen LogP contribution >= 0.6 is 23.2 Å². The molecule has 0 radical (unpaired) electrons. The fraction of sp³-hybridized carbons (Fsp3) is 0.500. The molecular weight excluding hydrogens is 263 g/mol. The topological polar surface area (TPSA) is 83.2 Å². The Morgan fingerprint density at radius 3 is 2.47 bits per heavy atom. The second-order valence-electron chi connectivity index (χ2n) is 4.28. The number of nitrogens with zero attached hydrogens (tertiary/aromatic N) is 1. The summed E-state index contributed by atoms with van der Waals surface area (Å²) in [4.78, 5) is 4.17. The van der Waals surface area contributed by atoms with Crippen LogP contribution in [0.1, 0.15) is 20.3 Å². The number of rotatable bonds is 5. The number of nitrogen functional groups attached to an aromatic ring is 1. The molecule has 0 aliphatic carbocycles. The fourth-order valence-corrected chi connectivity index (χ4v) is 1.78. The first-order chi connectivity index (χ1) is 7.89. The monoisotopic (exact) mass is 278 g/mol. The van der Waals surface area contributed by atoms with Crippen LogP contribution in [0.15, 0.2) is 6.07 Å². The summed E-state index contributed by atoms with van der Waals surface area (Å²) < 4.78 is 0. The van der Waals surface area contributed by atoms with Crippen LogP contribution in [0.4, 0.5) is 11.6 Å². The van der Waals surface area contributed by atoms with E-state index in [4.69, 9.17) is 34.2 Å². The first-order valence-electron chi connectivity index (χ1n) is 5.11. The van der Waals surface area contributed by atoms with Crippen molar-refractivity contribution in [1.82, 2.24) is 4.98 Å². The molecule has 0 saturated carbocycles.